The van der Waals surface area contributed by atoms with E-state index in [1.165, 1.54) is 0 Å². The number of amides is 2. The molecule has 0 bridgehead atoms. The molecule has 1 saturated heterocycles. The Kier molecular flexibility index (Phi) is 4.49. The van der Waals surface area contributed by atoms with Crippen LogP contribution in [0.4, 0.5) is 4.79 Å². The van der Waals surface area contributed by atoms with Crippen LogP contribution in [0.25, 0.3) is 0 Å². The van der Waals surface area contributed by atoms with Crippen molar-refractivity contribution in [3.8, 4) is 0 Å². The Labute approximate surface area is 127 Å². The number of rotatable bonds is 3. The Bertz CT molecular complexity index is 424. The number of aliphatic carboxylic acids is 1. The SMILES string of the molecule is CC1CCC(NC(=O)N2CCC(C(=O)O)(C(C)C)C2)C1C. The van der Waals surface area contributed by atoms with Gasteiger partial charge >= 0.3 is 12.0 Å². The maximum Gasteiger partial charge on any atom is 0.317 e. The van der Waals surface area contributed by atoms with Gasteiger partial charge in [-0.2, -0.15) is 0 Å². The van der Waals surface area contributed by atoms with E-state index in [-0.39, 0.29) is 18.0 Å². The van der Waals surface area contributed by atoms with Gasteiger partial charge in [0.2, 0.25) is 0 Å². The summed E-state index contributed by atoms with van der Waals surface area (Å²) in [6, 6.07) is 0.135. The number of carboxylic acids is 1. The second-order valence-corrected chi connectivity index (χ2v) is 7.26. The fourth-order valence-electron chi connectivity index (χ4n) is 3.72. The highest BCUT2D eigenvalue weighted by molar-refractivity contribution is 5.80. The van der Waals surface area contributed by atoms with Gasteiger partial charge in [0, 0.05) is 19.1 Å². The van der Waals surface area contributed by atoms with Gasteiger partial charge in [0.1, 0.15) is 0 Å². The van der Waals surface area contributed by atoms with E-state index < -0.39 is 11.4 Å². The van der Waals surface area contributed by atoms with Gasteiger partial charge in [-0.25, -0.2) is 4.79 Å². The molecule has 0 radical (unpaired) electrons. The van der Waals surface area contributed by atoms with E-state index in [1.54, 1.807) is 4.90 Å². The highest BCUT2D eigenvalue weighted by atomic mass is 16.4. The van der Waals surface area contributed by atoms with Crippen LogP contribution in [0.15, 0.2) is 0 Å². The van der Waals surface area contributed by atoms with Crippen molar-refractivity contribution in [3.05, 3.63) is 0 Å². The summed E-state index contributed by atoms with van der Waals surface area (Å²) in [5.41, 5.74) is -0.786. The third-order valence-electron chi connectivity index (χ3n) is 5.89. The van der Waals surface area contributed by atoms with Gasteiger partial charge in [-0.15, -0.1) is 0 Å². The van der Waals surface area contributed by atoms with E-state index in [4.69, 9.17) is 0 Å². The molecule has 21 heavy (non-hydrogen) atoms. The molecule has 4 atom stereocenters. The summed E-state index contributed by atoms with van der Waals surface area (Å²) >= 11 is 0. The Hall–Kier alpha value is -1.26. The topological polar surface area (TPSA) is 69.6 Å². The molecule has 0 aromatic heterocycles. The molecule has 0 spiro atoms. The molecule has 5 heteroatoms. The van der Waals surface area contributed by atoms with Crippen molar-refractivity contribution >= 4 is 12.0 Å². The number of hydrogen-bond donors (Lipinski definition) is 2. The van der Waals surface area contributed by atoms with Gasteiger partial charge in [-0.3, -0.25) is 4.79 Å². The third kappa shape index (κ3) is 2.87. The summed E-state index contributed by atoms with van der Waals surface area (Å²) in [4.78, 5) is 25.7. The van der Waals surface area contributed by atoms with Gasteiger partial charge < -0.3 is 15.3 Å². The van der Waals surface area contributed by atoms with Gasteiger partial charge in [0.15, 0.2) is 0 Å². The van der Waals surface area contributed by atoms with Crippen molar-refractivity contribution < 1.29 is 14.7 Å². The smallest absolute Gasteiger partial charge is 0.317 e. The number of carbonyl (C=O) groups is 2. The lowest BCUT2D eigenvalue weighted by atomic mass is 9.76. The van der Waals surface area contributed by atoms with Crippen molar-refractivity contribution in [3.63, 3.8) is 0 Å². The quantitative estimate of drug-likeness (QED) is 0.841. The van der Waals surface area contributed by atoms with Crippen LogP contribution in [0.1, 0.15) is 47.0 Å². The Morgan fingerprint density at radius 3 is 2.38 bits per heavy atom. The van der Waals surface area contributed by atoms with E-state index in [0.717, 1.165) is 12.8 Å². The maximum atomic E-state index is 12.4. The average Bonchev–Trinajstić information content (AvgIpc) is 2.99. The van der Waals surface area contributed by atoms with Crippen molar-refractivity contribution in [1.82, 2.24) is 10.2 Å². The molecule has 1 aliphatic carbocycles. The molecule has 0 aromatic carbocycles. The van der Waals surface area contributed by atoms with Gasteiger partial charge in [0.05, 0.1) is 5.41 Å². The van der Waals surface area contributed by atoms with E-state index in [2.05, 4.69) is 19.2 Å². The summed E-state index contributed by atoms with van der Waals surface area (Å²) < 4.78 is 0. The van der Waals surface area contributed by atoms with Crippen molar-refractivity contribution in [1.29, 1.82) is 0 Å². The minimum Gasteiger partial charge on any atom is -0.481 e. The molecule has 2 fully saturated rings. The summed E-state index contributed by atoms with van der Waals surface area (Å²) in [6.07, 6.45) is 2.72. The fraction of sp³-hybridized carbons (Fsp3) is 0.875. The lowest BCUT2D eigenvalue weighted by Gasteiger charge is -2.29. The summed E-state index contributed by atoms with van der Waals surface area (Å²) in [5.74, 6) is 0.377. The lowest BCUT2D eigenvalue weighted by molar-refractivity contribution is -0.150. The van der Waals surface area contributed by atoms with E-state index >= 15 is 0 Å². The first-order valence-corrected chi connectivity index (χ1v) is 8.06. The Morgan fingerprint density at radius 2 is 1.95 bits per heavy atom. The van der Waals surface area contributed by atoms with E-state index in [0.29, 0.717) is 31.3 Å². The number of urea groups is 1. The lowest BCUT2D eigenvalue weighted by Crippen LogP contribution is -2.47. The van der Waals surface area contributed by atoms with Crippen LogP contribution >= 0.6 is 0 Å². The van der Waals surface area contributed by atoms with Crippen LogP contribution in [-0.2, 0) is 4.79 Å². The number of carboxylic acid groups (broad SMARTS) is 1. The summed E-state index contributed by atoms with van der Waals surface area (Å²) in [7, 11) is 0. The minimum absolute atomic E-state index is 0.0261. The van der Waals surface area contributed by atoms with Gasteiger partial charge in [-0.05, 0) is 37.0 Å². The van der Waals surface area contributed by atoms with Crippen molar-refractivity contribution in [2.24, 2.45) is 23.2 Å². The Balaban J connectivity index is 1.98. The van der Waals surface area contributed by atoms with Gasteiger partial charge in [0.25, 0.3) is 0 Å². The average molecular weight is 296 g/mol. The van der Waals surface area contributed by atoms with Crippen LogP contribution in [0.3, 0.4) is 0 Å². The minimum atomic E-state index is -0.786. The zero-order chi connectivity index (χ0) is 15.8. The summed E-state index contributed by atoms with van der Waals surface area (Å²) in [6.45, 7) is 9.12. The molecule has 2 N–H and O–H groups in total. The largest absolute Gasteiger partial charge is 0.481 e. The van der Waals surface area contributed by atoms with Crippen LogP contribution < -0.4 is 5.32 Å². The number of nitrogens with zero attached hydrogens (tertiary/aromatic N) is 1. The zero-order valence-corrected chi connectivity index (χ0v) is 13.6. The van der Waals surface area contributed by atoms with Crippen LogP contribution in [0.5, 0.6) is 0 Å². The molecule has 0 aromatic rings. The third-order valence-corrected chi connectivity index (χ3v) is 5.89. The number of hydrogen-bond acceptors (Lipinski definition) is 2. The molecule has 4 unspecified atom stereocenters. The first-order valence-electron chi connectivity index (χ1n) is 8.06. The van der Waals surface area contributed by atoms with Crippen molar-refractivity contribution in [2.75, 3.05) is 13.1 Å². The predicted molar refractivity (Wildman–Crippen MR) is 81.0 cm³/mol. The number of carbonyl (C=O) groups excluding carboxylic acids is 1. The highest BCUT2D eigenvalue weighted by Gasteiger charge is 2.48. The highest BCUT2D eigenvalue weighted by Crippen LogP contribution is 2.38. The molecular formula is C16H28N2O3. The summed E-state index contributed by atoms with van der Waals surface area (Å²) in [5, 5.41) is 12.6. The van der Waals surface area contributed by atoms with Crippen LogP contribution in [-0.4, -0.2) is 41.1 Å². The fourth-order valence-corrected chi connectivity index (χ4v) is 3.72. The normalized spacial score (nSPS) is 36.2. The monoisotopic (exact) mass is 296 g/mol. The molecule has 2 aliphatic rings. The van der Waals surface area contributed by atoms with Crippen LogP contribution in [0, 0.1) is 23.2 Å². The molecule has 120 valence electrons. The first-order chi connectivity index (χ1) is 9.78. The second-order valence-electron chi connectivity index (χ2n) is 7.26. The molecule has 2 rings (SSSR count). The molecule has 5 nitrogen and oxygen atoms in total. The van der Waals surface area contributed by atoms with Crippen LogP contribution in [0.2, 0.25) is 0 Å². The van der Waals surface area contributed by atoms with Crippen molar-refractivity contribution in [2.45, 2.75) is 53.0 Å². The standard InChI is InChI=1S/C16H28N2O3/c1-10(2)16(14(19)20)7-8-18(9-16)15(21)17-13-6-5-11(3)12(13)4/h10-13H,5-9H2,1-4H3,(H,17,21)(H,19,20). The molecule has 1 saturated carbocycles. The van der Waals surface area contributed by atoms with Gasteiger partial charge in [-0.1, -0.05) is 27.7 Å². The predicted octanol–water partition coefficient (Wildman–Crippen LogP) is 2.56. The second kappa shape index (κ2) is 5.85. The Morgan fingerprint density at radius 1 is 1.29 bits per heavy atom. The molecule has 1 heterocycles. The molecule has 2 amide bonds. The maximum absolute atomic E-state index is 12.4. The number of nitrogens with one attached hydrogen (secondary N) is 1. The van der Waals surface area contributed by atoms with E-state index in [1.807, 2.05) is 13.8 Å². The first kappa shape index (κ1) is 16.1. The van der Waals surface area contributed by atoms with E-state index in [9.17, 15) is 14.7 Å². The molecule has 1 aliphatic heterocycles. The zero-order valence-electron chi connectivity index (χ0n) is 13.6. The molecular weight excluding hydrogens is 268 g/mol. The number of likely N-dealkylation sites (tertiary alicyclic amines) is 1.